The zero-order valence-corrected chi connectivity index (χ0v) is 11.9. The minimum Gasteiger partial charge on any atom is -0.464 e. The number of ether oxygens (including phenoxy) is 1. The summed E-state index contributed by atoms with van der Waals surface area (Å²) in [4.78, 5) is 15.3. The topological polar surface area (TPSA) is 39.2 Å². The fourth-order valence-electron chi connectivity index (χ4n) is 1.16. The summed E-state index contributed by atoms with van der Waals surface area (Å²) in [6.07, 6.45) is -2.65. The molecule has 0 aliphatic rings. The van der Waals surface area contributed by atoms with Crippen LogP contribution in [0.25, 0.3) is 0 Å². The predicted octanol–water partition coefficient (Wildman–Crippen LogP) is 3.31. The second kappa shape index (κ2) is 5.85. The van der Waals surface area contributed by atoms with Gasteiger partial charge < -0.3 is 4.74 Å². The molecule has 0 saturated heterocycles. The van der Waals surface area contributed by atoms with Crippen molar-refractivity contribution in [3.05, 3.63) is 26.6 Å². The van der Waals surface area contributed by atoms with Crippen LogP contribution in [0.3, 0.4) is 0 Å². The number of hydrogen-bond donors (Lipinski definition) is 0. The molecule has 0 atom stereocenters. The molecule has 88 valence electrons. The lowest BCUT2D eigenvalue weighted by atomic mass is 10.1. The van der Waals surface area contributed by atoms with Crippen molar-refractivity contribution in [2.24, 2.45) is 0 Å². The molecule has 1 heterocycles. The van der Waals surface area contributed by atoms with Crippen molar-refractivity contribution < 1.29 is 18.3 Å². The number of carbonyl (C=O) groups is 1. The van der Waals surface area contributed by atoms with Crippen molar-refractivity contribution in [1.29, 1.82) is 0 Å². The number of pyridine rings is 1. The van der Waals surface area contributed by atoms with Gasteiger partial charge in [0.2, 0.25) is 0 Å². The van der Waals surface area contributed by atoms with Crippen LogP contribution in [0.1, 0.15) is 28.0 Å². The Labute approximate surface area is 113 Å². The van der Waals surface area contributed by atoms with E-state index >= 15 is 0 Å². The van der Waals surface area contributed by atoms with Crippen molar-refractivity contribution in [3.63, 3.8) is 0 Å². The Morgan fingerprint density at radius 2 is 2.31 bits per heavy atom. The lowest BCUT2D eigenvalue weighted by molar-refractivity contribution is 0.0592. The van der Waals surface area contributed by atoms with E-state index in [1.807, 2.05) is 0 Å². The summed E-state index contributed by atoms with van der Waals surface area (Å²) in [5.74, 6) is -0.713. The highest BCUT2D eigenvalue weighted by Crippen LogP contribution is 2.28. The first-order chi connectivity index (χ1) is 7.51. The summed E-state index contributed by atoms with van der Waals surface area (Å²) in [6.45, 7) is 0. The smallest absolute Gasteiger partial charge is 0.357 e. The van der Waals surface area contributed by atoms with Crippen molar-refractivity contribution in [3.8, 4) is 0 Å². The van der Waals surface area contributed by atoms with Crippen LogP contribution < -0.4 is 0 Å². The molecule has 0 unspecified atom stereocenters. The molecule has 0 radical (unpaired) electrons. The predicted molar refractivity (Wildman–Crippen MR) is 65.9 cm³/mol. The Kier molecular flexibility index (Phi) is 5.03. The number of rotatable bonds is 3. The van der Waals surface area contributed by atoms with Gasteiger partial charge in [0.25, 0.3) is 6.43 Å². The molecule has 0 amide bonds. The molecule has 7 heteroatoms. The highest BCUT2D eigenvalue weighted by atomic mass is 127. The fourth-order valence-corrected chi connectivity index (χ4v) is 2.33. The average molecular weight is 406 g/mol. The molecule has 0 saturated carbocycles. The van der Waals surface area contributed by atoms with Crippen LogP contribution >= 0.6 is 38.5 Å². The van der Waals surface area contributed by atoms with Crippen molar-refractivity contribution in [2.45, 2.75) is 11.8 Å². The lowest BCUT2D eigenvalue weighted by Gasteiger charge is -2.10. The third kappa shape index (κ3) is 2.88. The maximum Gasteiger partial charge on any atom is 0.357 e. The van der Waals surface area contributed by atoms with Crippen molar-refractivity contribution in [2.75, 3.05) is 7.11 Å². The maximum atomic E-state index is 12.7. The monoisotopic (exact) mass is 405 g/mol. The Bertz CT molecular complexity index is 415. The van der Waals surface area contributed by atoms with Crippen LogP contribution in [0.4, 0.5) is 8.78 Å². The number of aromatic nitrogens is 1. The zero-order chi connectivity index (χ0) is 12.3. The number of methoxy groups -OCH3 is 1. The molecule has 1 aromatic heterocycles. The van der Waals surface area contributed by atoms with Gasteiger partial charge in [-0.25, -0.2) is 18.6 Å². The van der Waals surface area contributed by atoms with E-state index in [2.05, 4.69) is 25.7 Å². The van der Waals surface area contributed by atoms with E-state index in [0.717, 1.165) is 0 Å². The summed E-state index contributed by atoms with van der Waals surface area (Å²) >= 11 is 4.85. The molecule has 0 aromatic carbocycles. The van der Waals surface area contributed by atoms with Crippen LogP contribution in [0.15, 0.2) is 6.07 Å². The number of esters is 1. The van der Waals surface area contributed by atoms with Gasteiger partial charge >= 0.3 is 5.97 Å². The lowest BCUT2D eigenvalue weighted by Crippen LogP contribution is -2.11. The fraction of sp³-hybridized carbons (Fsp3) is 0.333. The first-order valence-electron chi connectivity index (χ1n) is 4.13. The molecular weight excluding hydrogens is 399 g/mol. The number of nitrogens with zero attached hydrogens (tertiary/aromatic N) is 1. The summed E-state index contributed by atoms with van der Waals surface area (Å²) < 4.78 is 30.3. The molecule has 1 rings (SSSR count). The number of hydrogen-bond acceptors (Lipinski definition) is 3. The molecule has 0 spiro atoms. The zero-order valence-electron chi connectivity index (χ0n) is 8.14. The van der Waals surface area contributed by atoms with Gasteiger partial charge in [-0.15, -0.1) is 0 Å². The molecule has 3 nitrogen and oxygen atoms in total. The summed E-state index contributed by atoms with van der Waals surface area (Å²) in [5.41, 5.74) is -0.0967. The van der Waals surface area contributed by atoms with Gasteiger partial charge in [0.05, 0.1) is 7.11 Å². The molecule has 1 aromatic rings. The van der Waals surface area contributed by atoms with Gasteiger partial charge in [0.1, 0.15) is 3.70 Å². The maximum absolute atomic E-state index is 12.7. The minimum atomic E-state index is -2.65. The van der Waals surface area contributed by atoms with E-state index in [9.17, 15) is 13.6 Å². The number of alkyl halides is 3. The van der Waals surface area contributed by atoms with Gasteiger partial charge in [-0.05, 0) is 28.7 Å². The average Bonchev–Trinajstić information content (AvgIpc) is 2.26. The summed E-state index contributed by atoms with van der Waals surface area (Å²) in [5, 5.41) is 0.126. The van der Waals surface area contributed by atoms with E-state index in [1.54, 1.807) is 22.6 Å². The molecule has 0 aliphatic carbocycles. The van der Waals surface area contributed by atoms with Crippen LogP contribution in [0, 0.1) is 3.70 Å². The molecule has 0 fully saturated rings. The van der Waals surface area contributed by atoms with Gasteiger partial charge in [-0.1, -0.05) is 15.9 Å². The number of halogens is 4. The van der Waals surface area contributed by atoms with Crippen LogP contribution in [0.5, 0.6) is 0 Å². The molecule has 0 N–H and O–H groups in total. The van der Waals surface area contributed by atoms with Crippen LogP contribution in [0.2, 0.25) is 0 Å². The second-order valence-electron chi connectivity index (χ2n) is 2.79. The van der Waals surface area contributed by atoms with Gasteiger partial charge in [0, 0.05) is 16.5 Å². The van der Waals surface area contributed by atoms with E-state index < -0.39 is 12.4 Å². The summed E-state index contributed by atoms with van der Waals surface area (Å²) in [6, 6.07) is 1.26. The van der Waals surface area contributed by atoms with E-state index in [-0.39, 0.29) is 22.2 Å². The highest BCUT2D eigenvalue weighted by Gasteiger charge is 2.22. The Balaban J connectivity index is 3.41. The van der Waals surface area contributed by atoms with Crippen molar-refractivity contribution >= 4 is 44.5 Å². The van der Waals surface area contributed by atoms with E-state index in [4.69, 9.17) is 0 Å². The standard InChI is InChI=1S/C9H7BrF2INO2/c1-16-9(15)7-5(3-10)4(8(11)12)2-6(13)14-7/h2,8H,3H2,1H3. The van der Waals surface area contributed by atoms with Crippen molar-refractivity contribution in [1.82, 2.24) is 4.98 Å². The van der Waals surface area contributed by atoms with E-state index in [1.165, 1.54) is 13.2 Å². The van der Waals surface area contributed by atoms with Crippen LogP contribution in [-0.4, -0.2) is 18.1 Å². The normalized spacial score (nSPS) is 10.6. The quantitative estimate of drug-likeness (QED) is 0.335. The first kappa shape index (κ1) is 13.8. The third-order valence-corrected chi connectivity index (χ3v) is 2.99. The Morgan fingerprint density at radius 3 is 2.75 bits per heavy atom. The first-order valence-corrected chi connectivity index (χ1v) is 6.33. The molecule has 16 heavy (non-hydrogen) atoms. The van der Waals surface area contributed by atoms with E-state index in [0.29, 0.717) is 3.70 Å². The SMILES string of the molecule is COC(=O)c1nc(I)cc(C(F)F)c1CBr. The van der Waals surface area contributed by atoms with Crippen LogP contribution in [-0.2, 0) is 10.1 Å². The van der Waals surface area contributed by atoms with Gasteiger partial charge in [-0.2, -0.15) is 0 Å². The number of carbonyl (C=O) groups excluding carboxylic acids is 1. The molecular formula is C9H7BrF2INO2. The molecule has 0 aliphatic heterocycles. The molecule has 0 bridgehead atoms. The summed E-state index contributed by atoms with van der Waals surface area (Å²) in [7, 11) is 1.18. The van der Waals surface area contributed by atoms with Gasteiger partial charge in [-0.3, -0.25) is 0 Å². The second-order valence-corrected chi connectivity index (χ2v) is 4.45. The Hall–Kier alpha value is -0.310. The van der Waals surface area contributed by atoms with Gasteiger partial charge in [0.15, 0.2) is 5.69 Å². The Morgan fingerprint density at radius 1 is 1.69 bits per heavy atom. The largest absolute Gasteiger partial charge is 0.464 e. The third-order valence-electron chi connectivity index (χ3n) is 1.87. The minimum absolute atomic E-state index is 0.0680. The highest BCUT2D eigenvalue weighted by molar-refractivity contribution is 14.1.